The van der Waals surface area contributed by atoms with Gasteiger partial charge in [-0.05, 0) is 38.3 Å². The van der Waals surface area contributed by atoms with E-state index in [1.165, 1.54) is 19.3 Å². The Bertz CT molecular complexity index is 255. The molecule has 1 rings (SSSR count). The van der Waals surface area contributed by atoms with E-state index in [4.69, 9.17) is 4.74 Å². The molecule has 3 nitrogen and oxygen atoms in total. The van der Waals surface area contributed by atoms with Crippen LogP contribution in [0.2, 0.25) is 0 Å². The highest BCUT2D eigenvalue weighted by atomic mass is 16.5. The van der Waals surface area contributed by atoms with Crippen LogP contribution < -0.4 is 5.32 Å². The van der Waals surface area contributed by atoms with Gasteiger partial charge in [-0.3, -0.25) is 4.90 Å². The van der Waals surface area contributed by atoms with Crippen LogP contribution in [0.5, 0.6) is 0 Å². The van der Waals surface area contributed by atoms with Gasteiger partial charge in [-0.25, -0.2) is 0 Å². The normalized spacial score (nSPS) is 28.6. The molecule has 0 spiro atoms. The maximum atomic E-state index is 5.36. The molecule has 1 N–H and O–H groups in total. The van der Waals surface area contributed by atoms with Crippen molar-refractivity contribution in [3.63, 3.8) is 0 Å². The molecule has 1 aliphatic rings. The summed E-state index contributed by atoms with van der Waals surface area (Å²) in [6, 6.07) is 1.72. The van der Waals surface area contributed by atoms with Gasteiger partial charge in [0, 0.05) is 25.2 Å². The SMILES string of the molecule is CCNC1C(N(CC)C(C)COC)CCCC1(C)C. The van der Waals surface area contributed by atoms with Crippen molar-refractivity contribution < 1.29 is 4.74 Å². The quantitative estimate of drug-likeness (QED) is 0.770. The van der Waals surface area contributed by atoms with Gasteiger partial charge in [-0.15, -0.1) is 0 Å². The first kappa shape index (κ1) is 16.9. The zero-order valence-electron chi connectivity index (χ0n) is 13.8. The molecular weight excluding hydrogens is 236 g/mol. The van der Waals surface area contributed by atoms with E-state index >= 15 is 0 Å². The monoisotopic (exact) mass is 270 g/mol. The summed E-state index contributed by atoms with van der Waals surface area (Å²) < 4.78 is 5.36. The van der Waals surface area contributed by atoms with Crippen LogP contribution >= 0.6 is 0 Å². The Morgan fingerprint density at radius 1 is 1.37 bits per heavy atom. The van der Waals surface area contributed by atoms with Gasteiger partial charge in [0.05, 0.1) is 6.61 Å². The number of likely N-dealkylation sites (N-methyl/N-ethyl adjacent to an activating group) is 2. The molecule has 3 atom stereocenters. The van der Waals surface area contributed by atoms with Gasteiger partial charge in [-0.2, -0.15) is 0 Å². The second-order valence-electron chi connectivity index (χ2n) is 6.62. The van der Waals surface area contributed by atoms with Crippen molar-refractivity contribution in [1.29, 1.82) is 0 Å². The van der Waals surface area contributed by atoms with Crippen LogP contribution in [0.3, 0.4) is 0 Å². The van der Waals surface area contributed by atoms with Crippen molar-refractivity contribution in [3.05, 3.63) is 0 Å². The maximum Gasteiger partial charge on any atom is 0.0615 e. The maximum absolute atomic E-state index is 5.36. The second-order valence-corrected chi connectivity index (χ2v) is 6.62. The van der Waals surface area contributed by atoms with Crippen molar-refractivity contribution in [2.45, 2.75) is 72.0 Å². The van der Waals surface area contributed by atoms with Crippen molar-refractivity contribution in [1.82, 2.24) is 10.2 Å². The minimum atomic E-state index is 0.388. The Kier molecular flexibility index (Phi) is 6.78. The third-order valence-electron chi connectivity index (χ3n) is 4.74. The molecule has 1 saturated carbocycles. The Balaban J connectivity index is 2.85. The van der Waals surface area contributed by atoms with Gasteiger partial charge in [0.1, 0.15) is 0 Å². The van der Waals surface area contributed by atoms with E-state index < -0.39 is 0 Å². The van der Waals surface area contributed by atoms with Gasteiger partial charge >= 0.3 is 0 Å². The smallest absolute Gasteiger partial charge is 0.0615 e. The molecule has 0 saturated heterocycles. The molecule has 0 aromatic carbocycles. The Labute approximate surface area is 120 Å². The molecule has 114 valence electrons. The number of hydrogen-bond donors (Lipinski definition) is 1. The van der Waals surface area contributed by atoms with Crippen LogP contribution in [0.4, 0.5) is 0 Å². The minimum absolute atomic E-state index is 0.388. The molecule has 0 aliphatic heterocycles. The summed E-state index contributed by atoms with van der Waals surface area (Å²) in [6.45, 7) is 14.6. The van der Waals surface area contributed by atoms with Gasteiger partial charge in [0.15, 0.2) is 0 Å². The highest BCUT2D eigenvalue weighted by molar-refractivity contribution is 4.98. The van der Waals surface area contributed by atoms with E-state index in [2.05, 4.69) is 44.8 Å². The molecule has 0 radical (unpaired) electrons. The average Bonchev–Trinajstić information content (AvgIpc) is 2.34. The fourth-order valence-electron chi connectivity index (χ4n) is 3.81. The molecule has 3 unspecified atom stereocenters. The minimum Gasteiger partial charge on any atom is -0.383 e. The summed E-state index contributed by atoms with van der Waals surface area (Å²) >= 11 is 0. The summed E-state index contributed by atoms with van der Waals surface area (Å²) in [5, 5.41) is 3.75. The third-order valence-corrected chi connectivity index (χ3v) is 4.74. The number of ether oxygens (including phenoxy) is 1. The lowest BCUT2D eigenvalue weighted by atomic mass is 9.70. The van der Waals surface area contributed by atoms with E-state index in [0.717, 1.165) is 19.7 Å². The molecule has 0 aromatic rings. The average molecular weight is 270 g/mol. The van der Waals surface area contributed by atoms with Gasteiger partial charge in [-0.1, -0.05) is 34.1 Å². The Morgan fingerprint density at radius 3 is 2.58 bits per heavy atom. The van der Waals surface area contributed by atoms with Crippen LogP contribution in [-0.4, -0.2) is 49.8 Å². The van der Waals surface area contributed by atoms with Crippen molar-refractivity contribution in [2.24, 2.45) is 5.41 Å². The molecule has 0 bridgehead atoms. The Morgan fingerprint density at radius 2 is 2.05 bits per heavy atom. The predicted octanol–water partition coefficient (Wildman–Crippen LogP) is 2.90. The fraction of sp³-hybridized carbons (Fsp3) is 1.00. The summed E-state index contributed by atoms with van der Waals surface area (Å²) in [6.07, 6.45) is 3.98. The molecule has 0 heterocycles. The molecule has 1 fully saturated rings. The van der Waals surface area contributed by atoms with Crippen molar-refractivity contribution in [2.75, 3.05) is 26.8 Å². The first-order valence-electron chi connectivity index (χ1n) is 7.96. The van der Waals surface area contributed by atoms with Crippen molar-refractivity contribution in [3.8, 4) is 0 Å². The molecule has 0 aromatic heterocycles. The zero-order valence-corrected chi connectivity index (χ0v) is 13.8. The van der Waals surface area contributed by atoms with Crippen LogP contribution in [0.1, 0.15) is 53.9 Å². The number of nitrogens with zero attached hydrogens (tertiary/aromatic N) is 1. The molecule has 1 aliphatic carbocycles. The highest BCUT2D eigenvalue weighted by Crippen LogP contribution is 2.38. The molecule has 19 heavy (non-hydrogen) atoms. The van der Waals surface area contributed by atoms with Gasteiger partial charge < -0.3 is 10.1 Å². The lowest BCUT2D eigenvalue weighted by Gasteiger charge is -2.50. The van der Waals surface area contributed by atoms with Crippen molar-refractivity contribution >= 4 is 0 Å². The standard InChI is InChI=1S/C16H34N2O/c1-7-17-15-14(10-9-11-16(15,4)5)18(8-2)13(3)12-19-6/h13-15,17H,7-12H2,1-6H3. The lowest BCUT2D eigenvalue weighted by Crippen LogP contribution is -2.60. The van der Waals surface area contributed by atoms with E-state index in [9.17, 15) is 0 Å². The topological polar surface area (TPSA) is 24.5 Å². The second kappa shape index (κ2) is 7.61. The van der Waals surface area contributed by atoms with E-state index in [0.29, 0.717) is 23.5 Å². The van der Waals surface area contributed by atoms with Crippen LogP contribution in [0.25, 0.3) is 0 Å². The number of hydrogen-bond acceptors (Lipinski definition) is 3. The van der Waals surface area contributed by atoms with Gasteiger partial charge in [0.25, 0.3) is 0 Å². The van der Waals surface area contributed by atoms with Crippen LogP contribution in [-0.2, 0) is 4.74 Å². The summed E-state index contributed by atoms with van der Waals surface area (Å²) in [7, 11) is 1.80. The summed E-state index contributed by atoms with van der Waals surface area (Å²) in [5.74, 6) is 0. The highest BCUT2D eigenvalue weighted by Gasteiger charge is 2.41. The molecular formula is C16H34N2O. The Hall–Kier alpha value is -0.120. The third kappa shape index (κ3) is 4.17. The van der Waals surface area contributed by atoms with Gasteiger partial charge in [0.2, 0.25) is 0 Å². The number of methoxy groups -OCH3 is 1. The van der Waals surface area contributed by atoms with E-state index in [1.807, 2.05) is 0 Å². The van der Waals surface area contributed by atoms with Crippen LogP contribution in [0.15, 0.2) is 0 Å². The number of rotatable bonds is 7. The lowest BCUT2D eigenvalue weighted by molar-refractivity contribution is 0.00793. The van der Waals surface area contributed by atoms with E-state index in [-0.39, 0.29) is 0 Å². The van der Waals surface area contributed by atoms with E-state index in [1.54, 1.807) is 7.11 Å². The predicted molar refractivity (Wildman–Crippen MR) is 82.6 cm³/mol. The first-order valence-corrected chi connectivity index (χ1v) is 7.96. The summed E-state index contributed by atoms with van der Waals surface area (Å²) in [4.78, 5) is 2.64. The zero-order chi connectivity index (χ0) is 14.5. The fourth-order valence-corrected chi connectivity index (χ4v) is 3.81. The largest absolute Gasteiger partial charge is 0.383 e. The number of nitrogens with one attached hydrogen (secondary N) is 1. The summed E-state index contributed by atoms with van der Waals surface area (Å²) in [5.41, 5.74) is 0.388. The first-order chi connectivity index (χ1) is 8.97. The molecule has 3 heteroatoms. The van der Waals surface area contributed by atoms with Crippen LogP contribution in [0, 0.1) is 5.41 Å². The molecule has 0 amide bonds.